The molecule has 3 fully saturated rings. The Balaban J connectivity index is 1.25. The second kappa shape index (κ2) is 9.84. The van der Waals surface area contributed by atoms with E-state index in [1.165, 1.54) is 34.9 Å². The van der Waals surface area contributed by atoms with Gasteiger partial charge in [0.25, 0.3) is 10.0 Å². The van der Waals surface area contributed by atoms with Gasteiger partial charge in [-0.25, -0.2) is 8.42 Å². The Bertz CT molecular complexity index is 1070. The Morgan fingerprint density at radius 3 is 2.61 bits per heavy atom. The average Bonchev–Trinajstić information content (AvgIpc) is 3.61. The van der Waals surface area contributed by atoms with Gasteiger partial charge in [-0.2, -0.15) is 9.29 Å². The summed E-state index contributed by atoms with van der Waals surface area (Å²) in [6, 6.07) is 1.87. The van der Waals surface area contributed by atoms with Gasteiger partial charge in [-0.05, 0) is 44.6 Å². The van der Waals surface area contributed by atoms with Gasteiger partial charge in [0.1, 0.15) is 4.21 Å². The van der Waals surface area contributed by atoms with Crippen LogP contribution in [0, 0.1) is 5.92 Å². The molecule has 180 valence electrons. The molecule has 0 spiro atoms. The molecule has 1 N–H and O–H groups in total. The van der Waals surface area contributed by atoms with E-state index in [0.29, 0.717) is 36.2 Å². The lowest BCUT2D eigenvalue weighted by Crippen LogP contribution is -2.47. The Morgan fingerprint density at radius 1 is 1.06 bits per heavy atom. The Labute approximate surface area is 199 Å². The standard InChI is InChI=1S/C23H32N4O4S2/c28-22(24-19-10-2-1-3-11-19)17-9-6-12-27(14-17)33(29,30)20-13-18(15-32-20)21-25-23(31-26-21)16-7-4-5-8-16/h13,15-17,19H,1-12,14H2,(H,24,28). The van der Waals surface area contributed by atoms with Gasteiger partial charge in [0.05, 0.1) is 5.92 Å². The molecule has 10 heteroatoms. The fourth-order valence-corrected chi connectivity index (χ4v) is 8.16. The number of nitrogens with zero attached hydrogens (tertiary/aromatic N) is 3. The molecule has 1 atom stereocenters. The van der Waals surface area contributed by atoms with Gasteiger partial charge in [0.2, 0.25) is 17.6 Å². The largest absolute Gasteiger partial charge is 0.353 e. The van der Waals surface area contributed by atoms with E-state index in [1.54, 1.807) is 11.4 Å². The highest BCUT2D eigenvalue weighted by Gasteiger charge is 2.35. The number of hydrogen-bond donors (Lipinski definition) is 1. The van der Waals surface area contributed by atoms with Gasteiger partial charge >= 0.3 is 0 Å². The van der Waals surface area contributed by atoms with Crippen LogP contribution >= 0.6 is 11.3 Å². The summed E-state index contributed by atoms with van der Waals surface area (Å²) >= 11 is 1.17. The van der Waals surface area contributed by atoms with Crippen LogP contribution in [0.5, 0.6) is 0 Å². The first-order chi connectivity index (χ1) is 16.0. The SMILES string of the molecule is O=C(NC1CCCCC1)C1CCCN(S(=O)(=O)c2cc(-c3noc(C4CCCC4)n3)cs2)C1. The third-order valence-electron chi connectivity index (χ3n) is 7.28. The van der Waals surface area contributed by atoms with Gasteiger partial charge in [0.15, 0.2) is 0 Å². The Morgan fingerprint density at radius 2 is 1.82 bits per heavy atom. The number of hydrogen-bond acceptors (Lipinski definition) is 7. The van der Waals surface area contributed by atoms with Crippen molar-refractivity contribution in [2.45, 2.75) is 86.8 Å². The summed E-state index contributed by atoms with van der Waals surface area (Å²) in [5.74, 6) is 1.12. The van der Waals surface area contributed by atoms with Crippen LogP contribution in [0.3, 0.4) is 0 Å². The molecule has 2 aromatic heterocycles. The highest BCUT2D eigenvalue weighted by molar-refractivity contribution is 7.91. The van der Waals surface area contributed by atoms with E-state index >= 15 is 0 Å². The predicted octanol–water partition coefficient (Wildman–Crippen LogP) is 4.31. The van der Waals surface area contributed by atoms with Crippen molar-refractivity contribution in [1.29, 1.82) is 0 Å². The minimum Gasteiger partial charge on any atom is -0.353 e. The van der Waals surface area contributed by atoms with Crippen molar-refractivity contribution in [1.82, 2.24) is 19.8 Å². The number of piperidine rings is 1. The monoisotopic (exact) mass is 492 g/mol. The summed E-state index contributed by atoms with van der Waals surface area (Å²) < 4.78 is 33.9. The fraction of sp³-hybridized carbons (Fsp3) is 0.696. The molecule has 2 aliphatic carbocycles. The maximum Gasteiger partial charge on any atom is 0.252 e. The zero-order valence-electron chi connectivity index (χ0n) is 18.9. The minimum absolute atomic E-state index is 0.0000853. The molecule has 1 unspecified atom stereocenters. The van der Waals surface area contributed by atoms with E-state index in [9.17, 15) is 13.2 Å². The highest BCUT2D eigenvalue weighted by Crippen LogP contribution is 2.35. The van der Waals surface area contributed by atoms with Gasteiger partial charge < -0.3 is 9.84 Å². The van der Waals surface area contributed by atoms with E-state index in [2.05, 4.69) is 15.5 Å². The molecule has 3 aliphatic rings. The molecule has 8 nitrogen and oxygen atoms in total. The number of nitrogens with one attached hydrogen (secondary N) is 1. The summed E-state index contributed by atoms with van der Waals surface area (Å²) in [5, 5.41) is 9.03. The molecule has 0 bridgehead atoms. The average molecular weight is 493 g/mol. The quantitative estimate of drug-likeness (QED) is 0.644. The lowest BCUT2D eigenvalue weighted by Gasteiger charge is -2.32. The highest BCUT2D eigenvalue weighted by atomic mass is 32.2. The van der Waals surface area contributed by atoms with Crippen molar-refractivity contribution in [3.8, 4) is 11.4 Å². The van der Waals surface area contributed by atoms with Crippen molar-refractivity contribution in [3.05, 3.63) is 17.3 Å². The summed E-state index contributed by atoms with van der Waals surface area (Å²) in [6.45, 7) is 0.680. The summed E-state index contributed by atoms with van der Waals surface area (Å²) in [5.41, 5.74) is 0.662. The molecule has 1 aliphatic heterocycles. The summed E-state index contributed by atoms with van der Waals surface area (Å²) in [4.78, 5) is 17.3. The van der Waals surface area contributed by atoms with Crippen LogP contribution in [0.4, 0.5) is 0 Å². The van der Waals surface area contributed by atoms with Crippen LogP contribution in [0.25, 0.3) is 11.4 Å². The molecule has 1 amide bonds. The van der Waals surface area contributed by atoms with Gasteiger partial charge in [0, 0.05) is 36.0 Å². The van der Waals surface area contributed by atoms with E-state index in [1.807, 2.05) is 0 Å². The van der Waals surface area contributed by atoms with Crippen molar-refractivity contribution in [2.24, 2.45) is 5.92 Å². The minimum atomic E-state index is -3.67. The molecular weight excluding hydrogens is 460 g/mol. The van der Waals surface area contributed by atoms with Crippen molar-refractivity contribution in [3.63, 3.8) is 0 Å². The maximum atomic E-state index is 13.3. The van der Waals surface area contributed by atoms with Gasteiger partial charge in [-0.1, -0.05) is 37.3 Å². The second-order valence-corrected chi connectivity index (χ2v) is 12.7. The maximum absolute atomic E-state index is 13.3. The topological polar surface area (TPSA) is 105 Å². The molecule has 0 radical (unpaired) electrons. The lowest BCUT2D eigenvalue weighted by molar-refractivity contribution is -0.127. The molecule has 1 saturated heterocycles. The van der Waals surface area contributed by atoms with Gasteiger partial charge in [-0.15, -0.1) is 11.3 Å². The molecule has 33 heavy (non-hydrogen) atoms. The van der Waals surface area contributed by atoms with Crippen LogP contribution < -0.4 is 5.32 Å². The Kier molecular flexibility index (Phi) is 6.85. The van der Waals surface area contributed by atoms with Gasteiger partial charge in [-0.3, -0.25) is 4.79 Å². The molecule has 0 aromatic carbocycles. The fourth-order valence-electron chi connectivity index (χ4n) is 5.33. The first kappa shape index (κ1) is 23.0. The van der Waals surface area contributed by atoms with Crippen molar-refractivity contribution < 1.29 is 17.7 Å². The predicted molar refractivity (Wildman–Crippen MR) is 125 cm³/mol. The number of thiophene rings is 1. The zero-order chi connectivity index (χ0) is 22.8. The van der Waals surface area contributed by atoms with Crippen molar-refractivity contribution in [2.75, 3.05) is 13.1 Å². The van der Waals surface area contributed by atoms with Crippen molar-refractivity contribution >= 4 is 27.3 Å². The lowest BCUT2D eigenvalue weighted by atomic mass is 9.93. The van der Waals surface area contributed by atoms with Crippen LogP contribution in [0.1, 0.15) is 82.4 Å². The summed E-state index contributed by atoms with van der Waals surface area (Å²) in [6.07, 6.45) is 11.5. The number of carbonyl (C=O) groups is 1. The number of amides is 1. The van der Waals surface area contributed by atoms with Crippen LogP contribution in [0.15, 0.2) is 20.2 Å². The Hall–Kier alpha value is -1.78. The second-order valence-electron chi connectivity index (χ2n) is 9.64. The van der Waals surface area contributed by atoms with Crippen LogP contribution in [-0.4, -0.2) is 47.9 Å². The zero-order valence-corrected chi connectivity index (χ0v) is 20.5. The molecule has 3 heterocycles. The number of aromatic nitrogens is 2. The number of carbonyl (C=O) groups excluding carboxylic acids is 1. The molecule has 2 aromatic rings. The molecule has 2 saturated carbocycles. The van der Waals surface area contributed by atoms with Crippen LogP contribution in [-0.2, 0) is 14.8 Å². The van der Waals surface area contributed by atoms with E-state index in [0.717, 1.165) is 44.9 Å². The van der Waals surface area contributed by atoms with E-state index < -0.39 is 10.0 Å². The molecule has 5 rings (SSSR count). The number of rotatable bonds is 6. The smallest absolute Gasteiger partial charge is 0.252 e. The summed E-state index contributed by atoms with van der Waals surface area (Å²) in [7, 11) is -3.67. The first-order valence-electron chi connectivity index (χ1n) is 12.2. The van der Waals surface area contributed by atoms with Crippen LogP contribution in [0.2, 0.25) is 0 Å². The normalized spacial score (nSPS) is 23.7. The van der Waals surface area contributed by atoms with E-state index in [-0.39, 0.29) is 28.6 Å². The molecular formula is C23H32N4O4S2. The number of sulfonamides is 1. The third kappa shape index (κ3) is 5.02. The third-order valence-corrected chi connectivity index (χ3v) is 10.6. The van der Waals surface area contributed by atoms with E-state index in [4.69, 9.17) is 4.52 Å². The first-order valence-corrected chi connectivity index (χ1v) is 14.6.